The number of fused-ring (bicyclic) bond motifs is 9. The van der Waals surface area contributed by atoms with Crippen molar-refractivity contribution >= 4 is 0 Å². The first-order valence-electron chi connectivity index (χ1n) is 17.3. The lowest BCUT2D eigenvalue weighted by atomic mass is 9.66. The van der Waals surface area contributed by atoms with Crippen LogP contribution in [-0.2, 0) is 5.41 Å². The van der Waals surface area contributed by atoms with Crippen LogP contribution in [0.1, 0.15) is 28.1 Å². The highest BCUT2D eigenvalue weighted by Crippen LogP contribution is 2.63. The highest BCUT2D eigenvalue weighted by Gasteiger charge is 2.51. The zero-order chi connectivity index (χ0) is 33.9. The van der Waals surface area contributed by atoms with Crippen LogP contribution in [0.25, 0.3) is 56.2 Å². The maximum absolute atomic E-state index is 6.52. The van der Waals surface area contributed by atoms with E-state index in [1.165, 1.54) is 44.5 Å². The van der Waals surface area contributed by atoms with Crippen molar-refractivity contribution < 1.29 is 4.74 Å². The van der Waals surface area contributed by atoms with Crippen LogP contribution < -0.4 is 4.74 Å². The summed E-state index contributed by atoms with van der Waals surface area (Å²) >= 11 is 0. The van der Waals surface area contributed by atoms with Gasteiger partial charge in [0.05, 0.1) is 5.41 Å². The Morgan fingerprint density at radius 2 is 0.843 bits per heavy atom. The molecule has 0 amide bonds. The van der Waals surface area contributed by atoms with Gasteiger partial charge in [-0.15, -0.1) is 0 Å². The van der Waals surface area contributed by atoms with E-state index in [4.69, 9.17) is 9.72 Å². The molecule has 2 aliphatic rings. The smallest absolute Gasteiger partial charge is 0.163 e. The third-order valence-corrected chi connectivity index (χ3v) is 10.3. The van der Waals surface area contributed by atoms with Crippen LogP contribution in [0.3, 0.4) is 0 Å². The summed E-state index contributed by atoms with van der Waals surface area (Å²) in [6, 6.07) is 60.2. The summed E-state index contributed by atoms with van der Waals surface area (Å²) in [4.78, 5) is 14.0. The van der Waals surface area contributed by atoms with Gasteiger partial charge in [-0.3, -0.25) is 0 Å². The predicted molar refractivity (Wildman–Crippen MR) is 204 cm³/mol. The van der Waals surface area contributed by atoms with E-state index in [1.54, 1.807) is 0 Å². The molecule has 10 rings (SSSR count). The van der Waals surface area contributed by atoms with Gasteiger partial charge in [-0.2, -0.15) is 0 Å². The number of hydrogen-bond donors (Lipinski definition) is 0. The lowest BCUT2D eigenvalue weighted by molar-refractivity contribution is 0.436. The number of rotatable bonds is 4. The molecule has 0 atom stereocenters. The van der Waals surface area contributed by atoms with Crippen LogP contribution in [0.2, 0.25) is 0 Å². The van der Waals surface area contributed by atoms with Crippen LogP contribution in [0.15, 0.2) is 170 Å². The molecule has 1 aliphatic heterocycles. The van der Waals surface area contributed by atoms with Gasteiger partial charge in [-0.25, -0.2) is 15.0 Å². The Bertz CT molecular complexity index is 2570. The fourth-order valence-corrected chi connectivity index (χ4v) is 8.12. The third kappa shape index (κ3) is 4.50. The van der Waals surface area contributed by atoms with E-state index < -0.39 is 5.41 Å². The Morgan fingerprint density at radius 3 is 1.49 bits per heavy atom. The number of aromatic nitrogens is 3. The summed E-state index contributed by atoms with van der Waals surface area (Å²) in [6.45, 7) is 1.91. The lowest BCUT2D eigenvalue weighted by Gasteiger charge is -2.39. The molecule has 0 fully saturated rings. The molecular formula is C47H31N3O. The van der Waals surface area contributed by atoms with E-state index in [1.807, 2.05) is 37.3 Å². The van der Waals surface area contributed by atoms with Crippen molar-refractivity contribution in [2.24, 2.45) is 0 Å². The Kier molecular flexibility index (Phi) is 6.58. The molecule has 0 bridgehead atoms. The number of benzene rings is 7. The average Bonchev–Trinajstić information content (AvgIpc) is 3.49. The second kappa shape index (κ2) is 11.5. The molecule has 0 N–H and O–H groups in total. The fraction of sp³-hybridized carbons (Fsp3) is 0.0426. The third-order valence-electron chi connectivity index (χ3n) is 10.3. The molecule has 2 heterocycles. The minimum atomic E-state index is -0.478. The first kappa shape index (κ1) is 29.3. The van der Waals surface area contributed by atoms with Crippen LogP contribution in [0, 0.1) is 6.92 Å². The molecule has 8 aromatic rings. The van der Waals surface area contributed by atoms with Gasteiger partial charge in [0.2, 0.25) is 0 Å². The minimum absolute atomic E-state index is 0.478. The number of hydrogen-bond acceptors (Lipinski definition) is 4. The summed E-state index contributed by atoms with van der Waals surface area (Å²) in [5.41, 5.74) is 13.6. The maximum atomic E-state index is 6.52. The van der Waals surface area contributed by atoms with E-state index >= 15 is 0 Å². The second-order valence-electron chi connectivity index (χ2n) is 13.2. The summed E-state index contributed by atoms with van der Waals surface area (Å²) in [5.74, 6) is 3.87. The van der Waals surface area contributed by atoms with Gasteiger partial charge in [0.15, 0.2) is 11.6 Å². The van der Waals surface area contributed by atoms with E-state index in [0.717, 1.165) is 33.8 Å². The Morgan fingerprint density at radius 1 is 0.373 bits per heavy atom. The molecule has 7 aromatic carbocycles. The molecule has 4 nitrogen and oxygen atoms in total. The van der Waals surface area contributed by atoms with Gasteiger partial charge in [0.1, 0.15) is 17.3 Å². The molecule has 4 heteroatoms. The van der Waals surface area contributed by atoms with E-state index in [0.29, 0.717) is 17.5 Å². The molecule has 0 unspecified atom stereocenters. The Balaban J connectivity index is 1.04. The Hall–Kier alpha value is -6.65. The summed E-state index contributed by atoms with van der Waals surface area (Å²) in [5, 5.41) is 0. The first-order valence-corrected chi connectivity index (χ1v) is 17.3. The van der Waals surface area contributed by atoms with Gasteiger partial charge in [-0.05, 0) is 63.6 Å². The normalized spacial score (nSPS) is 13.1. The van der Waals surface area contributed by atoms with Crippen LogP contribution >= 0.6 is 0 Å². The van der Waals surface area contributed by atoms with Crippen molar-refractivity contribution in [1.29, 1.82) is 0 Å². The first-order chi connectivity index (χ1) is 25.2. The van der Waals surface area contributed by atoms with Gasteiger partial charge >= 0.3 is 0 Å². The zero-order valence-corrected chi connectivity index (χ0v) is 27.9. The fourth-order valence-electron chi connectivity index (χ4n) is 8.12. The predicted octanol–water partition coefficient (Wildman–Crippen LogP) is 11.3. The van der Waals surface area contributed by atoms with Crippen molar-refractivity contribution in [3.63, 3.8) is 0 Å². The molecule has 0 saturated heterocycles. The largest absolute Gasteiger partial charge is 0.457 e. The Labute approximate surface area is 296 Å². The van der Waals surface area contributed by atoms with Gasteiger partial charge in [-0.1, -0.05) is 158 Å². The molecule has 1 spiro atoms. The maximum Gasteiger partial charge on any atom is 0.163 e. The molecular weight excluding hydrogens is 623 g/mol. The second-order valence-corrected chi connectivity index (χ2v) is 13.2. The molecule has 240 valence electrons. The van der Waals surface area contributed by atoms with Crippen molar-refractivity contribution in [2.75, 3.05) is 0 Å². The average molecular weight is 654 g/mol. The molecule has 1 aromatic heterocycles. The van der Waals surface area contributed by atoms with E-state index in [-0.39, 0.29) is 0 Å². The topological polar surface area (TPSA) is 47.9 Å². The highest BCUT2D eigenvalue weighted by atomic mass is 16.5. The number of nitrogens with zero attached hydrogens (tertiary/aromatic N) is 3. The standard InChI is InChI=1S/C47H31N3O/c1-30-48-45(34-12-3-2-4-13-34)50-46(49-30)35-28-24-32(25-29-35)31-22-26-33(27-23-31)36-15-11-19-41-44(36)37-14-5-6-16-38(37)47(41)39-17-7-9-20-42(39)51-43-21-10-8-18-40(43)47/h2-29H,1H3. The number of ether oxygens (including phenoxy) is 1. The molecule has 0 radical (unpaired) electrons. The minimum Gasteiger partial charge on any atom is -0.457 e. The molecule has 0 saturated carbocycles. The van der Waals surface area contributed by atoms with Crippen LogP contribution in [-0.4, -0.2) is 15.0 Å². The molecule has 1 aliphatic carbocycles. The quantitative estimate of drug-likeness (QED) is 0.190. The van der Waals surface area contributed by atoms with Gasteiger partial charge in [0, 0.05) is 22.3 Å². The SMILES string of the molecule is Cc1nc(-c2ccccc2)nc(-c2ccc(-c3ccc(-c4cccc5c4-c4ccccc4C54c5ccccc5Oc5ccccc54)cc3)cc2)n1. The van der Waals surface area contributed by atoms with Crippen LogP contribution in [0.5, 0.6) is 11.5 Å². The molecule has 51 heavy (non-hydrogen) atoms. The lowest BCUT2D eigenvalue weighted by Crippen LogP contribution is -2.32. The highest BCUT2D eigenvalue weighted by molar-refractivity contribution is 5.96. The summed E-state index contributed by atoms with van der Waals surface area (Å²) in [6.07, 6.45) is 0. The van der Waals surface area contributed by atoms with E-state index in [9.17, 15) is 0 Å². The number of para-hydroxylation sites is 2. The van der Waals surface area contributed by atoms with Crippen molar-refractivity contribution in [3.8, 4) is 67.7 Å². The van der Waals surface area contributed by atoms with Gasteiger partial charge < -0.3 is 4.74 Å². The summed E-state index contributed by atoms with van der Waals surface area (Å²) < 4.78 is 6.52. The van der Waals surface area contributed by atoms with Crippen molar-refractivity contribution in [2.45, 2.75) is 12.3 Å². The summed E-state index contributed by atoms with van der Waals surface area (Å²) in [7, 11) is 0. The van der Waals surface area contributed by atoms with E-state index in [2.05, 4.69) is 149 Å². The van der Waals surface area contributed by atoms with Gasteiger partial charge in [0.25, 0.3) is 0 Å². The van der Waals surface area contributed by atoms with Crippen LogP contribution in [0.4, 0.5) is 0 Å². The number of aryl methyl sites for hydroxylation is 1. The van der Waals surface area contributed by atoms with Crippen molar-refractivity contribution in [3.05, 3.63) is 198 Å². The zero-order valence-electron chi connectivity index (χ0n) is 27.9. The van der Waals surface area contributed by atoms with Crippen molar-refractivity contribution in [1.82, 2.24) is 15.0 Å². The monoisotopic (exact) mass is 653 g/mol.